The molecule has 1 amide bonds. The van der Waals surface area contributed by atoms with Gasteiger partial charge in [0.1, 0.15) is 5.60 Å². The van der Waals surface area contributed by atoms with E-state index in [0.717, 1.165) is 11.6 Å². The monoisotopic (exact) mass is 413 g/mol. The third-order valence-electron chi connectivity index (χ3n) is 2.97. The Labute approximate surface area is 134 Å². The standard InChI is InChI=1S/C14H15F3INO2/c1-13(2,3)21-12(20)19-6-8-4-10(14(15,16)17)11(18)5-9(8)7-19/h4-5H,6-7H2,1-3H3. The van der Waals surface area contributed by atoms with Crippen LogP contribution in [0.5, 0.6) is 0 Å². The van der Waals surface area contributed by atoms with Crippen LogP contribution in [0.4, 0.5) is 18.0 Å². The molecule has 1 aromatic rings. The smallest absolute Gasteiger partial charge is 0.417 e. The van der Waals surface area contributed by atoms with Crippen molar-refractivity contribution in [1.82, 2.24) is 4.90 Å². The second-order valence-electron chi connectivity index (χ2n) is 5.93. The molecule has 0 radical (unpaired) electrons. The van der Waals surface area contributed by atoms with Crippen LogP contribution in [0, 0.1) is 3.57 Å². The first-order valence-electron chi connectivity index (χ1n) is 6.34. The minimum atomic E-state index is -4.38. The van der Waals surface area contributed by atoms with E-state index in [0.29, 0.717) is 5.56 Å². The average molecular weight is 413 g/mol. The van der Waals surface area contributed by atoms with Crippen LogP contribution in [-0.4, -0.2) is 16.6 Å². The minimum Gasteiger partial charge on any atom is -0.444 e. The van der Waals surface area contributed by atoms with Crippen molar-refractivity contribution in [2.24, 2.45) is 0 Å². The molecule has 0 N–H and O–H groups in total. The highest BCUT2D eigenvalue weighted by atomic mass is 127. The predicted molar refractivity (Wildman–Crippen MR) is 79.6 cm³/mol. The fraction of sp³-hybridized carbons (Fsp3) is 0.500. The molecule has 0 spiro atoms. The van der Waals surface area contributed by atoms with Gasteiger partial charge in [-0.05, 0) is 66.6 Å². The largest absolute Gasteiger partial charge is 0.444 e. The van der Waals surface area contributed by atoms with Crippen molar-refractivity contribution in [2.45, 2.75) is 45.6 Å². The first kappa shape index (κ1) is 16.4. The molecule has 116 valence electrons. The number of fused-ring (bicyclic) bond motifs is 1. The van der Waals surface area contributed by atoms with E-state index in [9.17, 15) is 18.0 Å². The Morgan fingerprint density at radius 2 is 1.71 bits per heavy atom. The van der Waals surface area contributed by atoms with Gasteiger partial charge in [-0.15, -0.1) is 0 Å². The van der Waals surface area contributed by atoms with Crippen LogP contribution in [0.2, 0.25) is 0 Å². The molecule has 0 aliphatic carbocycles. The van der Waals surface area contributed by atoms with Gasteiger partial charge in [0.2, 0.25) is 0 Å². The lowest BCUT2D eigenvalue weighted by Gasteiger charge is -2.24. The maximum atomic E-state index is 12.9. The van der Waals surface area contributed by atoms with Crippen molar-refractivity contribution in [3.05, 3.63) is 32.4 Å². The van der Waals surface area contributed by atoms with Gasteiger partial charge in [0.05, 0.1) is 5.56 Å². The Kier molecular flexibility index (Phi) is 4.16. The van der Waals surface area contributed by atoms with Crippen molar-refractivity contribution in [3.63, 3.8) is 0 Å². The summed E-state index contributed by atoms with van der Waals surface area (Å²) in [6.07, 6.45) is -4.90. The van der Waals surface area contributed by atoms with Crippen molar-refractivity contribution >= 4 is 28.7 Å². The quantitative estimate of drug-likeness (QED) is 0.584. The molecule has 0 saturated carbocycles. The summed E-state index contributed by atoms with van der Waals surface area (Å²) in [5.74, 6) is 0. The molecule has 0 unspecified atom stereocenters. The topological polar surface area (TPSA) is 29.5 Å². The van der Waals surface area contributed by atoms with E-state index in [1.807, 2.05) is 0 Å². The average Bonchev–Trinajstić information content (AvgIpc) is 2.66. The number of halogens is 4. The van der Waals surface area contributed by atoms with E-state index in [-0.39, 0.29) is 16.7 Å². The molecule has 1 aliphatic rings. The number of ether oxygens (including phenoxy) is 1. The lowest BCUT2D eigenvalue weighted by Crippen LogP contribution is -2.33. The second kappa shape index (κ2) is 5.33. The molecule has 0 atom stereocenters. The molecular weight excluding hydrogens is 398 g/mol. The Morgan fingerprint density at radius 1 is 1.19 bits per heavy atom. The number of carbonyl (C=O) groups excluding carboxylic acids is 1. The van der Waals surface area contributed by atoms with Gasteiger partial charge in [0.25, 0.3) is 0 Å². The fourth-order valence-corrected chi connectivity index (χ4v) is 2.93. The van der Waals surface area contributed by atoms with Crippen LogP contribution in [0.25, 0.3) is 0 Å². The lowest BCUT2D eigenvalue weighted by atomic mass is 10.1. The number of benzene rings is 1. The van der Waals surface area contributed by atoms with Crippen molar-refractivity contribution in [1.29, 1.82) is 0 Å². The molecule has 0 saturated heterocycles. The molecule has 3 nitrogen and oxygen atoms in total. The molecule has 1 aliphatic heterocycles. The van der Waals surface area contributed by atoms with Gasteiger partial charge >= 0.3 is 12.3 Å². The molecule has 1 aromatic carbocycles. The van der Waals surface area contributed by atoms with Crippen LogP contribution in [-0.2, 0) is 24.0 Å². The first-order chi connectivity index (χ1) is 9.47. The summed E-state index contributed by atoms with van der Waals surface area (Å²) in [5.41, 5.74) is -0.0306. The van der Waals surface area contributed by atoms with E-state index in [1.54, 1.807) is 43.4 Å². The molecule has 0 aromatic heterocycles. The van der Waals surface area contributed by atoms with Crippen LogP contribution in [0.1, 0.15) is 37.5 Å². The number of carbonyl (C=O) groups is 1. The Balaban J connectivity index is 2.22. The first-order valence-corrected chi connectivity index (χ1v) is 7.41. The van der Waals surface area contributed by atoms with Crippen LogP contribution in [0.3, 0.4) is 0 Å². The molecule has 1 heterocycles. The molecular formula is C14H15F3INO2. The summed E-state index contributed by atoms with van der Waals surface area (Å²) in [5, 5.41) is 0. The Bertz CT molecular complexity index is 579. The van der Waals surface area contributed by atoms with Crippen LogP contribution in [0.15, 0.2) is 12.1 Å². The predicted octanol–water partition coefficient (Wildman–Crippen LogP) is 4.56. The van der Waals surface area contributed by atoms with E-state index in [1.165, 1.54) is 11.0 Å². The molecule has 0 fully saturated rings. The Morgan fingerprint density at radius 3 is 2.19 bits per heavy atom. The van der Waals surface area contributed by atoms with Crippen molar-refractivity contribution in [3.8, 4) is 0 Å². The zero-order chi connectivity index (χ0) is 16.0. The van der Waals surface area contributed by atoms with Gasteiger partial charge in [-0.2, -0.15) is 13.2 Å². The SMILES string of the molecule is CC(C)(C)OC(=O)N1Cc2cc(I)c(C(F)(F)F)cc2C1. The highest BCUT2D eigenvalue weighted by Crippen LogP contribution is 2.37. The number of rotatable bonds is 0. The normalized spacial score (nSPS) is 15.1. The second-order valence-corrected chi connectivity index (χ2v) is 7.10. The molecule has 0 bridgehead atoms. The van der Waals surface area contributed by atoms with Crippen molar-refractivity contribution in [2.75, 3.05) is 0 Å². The molecule has 21 heavy (non-hydrogen) atoms. The zero-order valence-electron chi connectivity index (χ0n) is 11.8. The Hall–Kier alpha value is -0.990. The third-order valence-corrected chi connectivity index (χ3v) is 3.86. The van der Waals surface area contributed by atoms with Gasteiger partial charge < -0.3 is 4.74 Å². The van der Waals surface area contributed by atoms with Gasteiger partial charge in [-0.3, -0.25) is 4.90 Å². The van der Waals surface area contributed by atoms with E-state index in [4.69, 9.17) is 4.74 Å². The van der Waals surface area contributed by atoms with Gasteiger partial charge in [0, 0.05) is 16.7 Å². The number of nitrogens with zero attached hydrogens (tertiary/aromatic N) is 1. The fourth-order valence-electron chi connectivity index (χ4n) is 2.09. The number of hydrogen-bond donors (Lipinski definition) is 0. The summed E-state index contributed by atoms with van der Waals surface area (Å²) < 4.78 is 44.0. The summed E-state index contributed by atoms with van der Waals surface area (Å²) in [4.78, 5) is 13.4. The minimum absolute atomic E-state index is 0.143. The number of amides is 1. The summed E-state index contributed by atoms with van der Waals surface area (Å²) in [6, 6.07) is 2.62. The van der Waals surface area contributed by atoms with Gasteiger partial charge in [0.15, 0.2) is 0 Å². The van der Waals surface area contributed by atoms with E-state index in [2.05, 4.69) is 0 Å². The van der Waals surface area contributed by atoms with Crippen LogP contribution < -0.4 is 0 Å². The van der Waals surface area contributed by atoms with E-state index >= 15 is 0 Å². The van der Waals surface area contributed by atoms with Gasteiger partial charge in [-0.25, -0.2) is 4.79 Å². The molecule has 7 heteroatoms. The van der Waals surface area contributed by atoms with Gasteiger partial charge in [-0.1, -0.05) is 0 Å². The summed E-state index contributed by atoms with van der Waals surface area (Å²) in [7, 11) is 0. The summed E-state index contributed by atoms with van der Waals surface area (Å²) in [6.45, 7) is 5.67. The van der Waals surface area contributed by atoms with Crippen molar-refractivity contribution < 1.29 is 22.7 Å². The molecule has 2 rings (SSSR count). The highest BCUT2D eigenvalue weighted by Gasteiger charge is 2.36. The number of hydrogen-bond acceptors (Lipinski definition) is 2. The number of alkyl halides is 3. The third kappa shape index (κ3) is 3.81. The maximum absolute atomic E-state index is 12.9. The summed E-state index contributed by atoms with van der Waals surface area (Å²) >= 11 is 1.67. The highest BCUT2D eigenvalue weighted by molar-refractivity contribution is 14.1. The lowest BCUT2D eigenvalue weighted by molar-refractivity contribution is -0.138. The van der Waals surface area contributed by atoms with E-state index < -0.39 is 23.4 Å². The zero-order valence-corrected chi connectivity index (χ0v) is 14.0. The van der Waals surface area contributed by atoms with Crippen LogP contribution >= 0.6 is 22.6 Å². The maximum Gasteiger partial charge on any atom is 0.417 e.